The Labute approximate surface area is 114 Å². The molecule has 0 amide bonds. The van der Waals surface area contributed by atoms with Gasteiger partial charge in [-0.2, -0.15) is 0 Å². The number of ether oxygens (including phenoxy) is 1. The maximum Gasteiger partial charge on any atom is 0.316 e. The fourth-order valence-corrected chi connectivity index (χ4v) is 1.84. The lowest BCUT2D eigenvalue weighted by molar-refractivity contribution is -0.144. The van der Waals surface area contributed by atoms with Crippen molar-refractivity contribution < 1.29 is 13.9 Å². The maximum atomic E-state index is 11.4. The van der Waals surface area contributed by atoms with E-state index in [0.29, 0.717) is 11.1 Å². The van der Waals surface area contributed by atoms with Gasteiger partial charge in [0.2, 0.25) is 5.89 Å². The summed E-state index contributed by atoms with van der Waals surface area (Å²) in [6.45, 7) is 3.60. The molecule has 0 aliphatic rings. The van der Waals surface area contributed by atoms with E-state index >= 15 is 0 Å². The van der Waals surface area contributed by atoms with Crippen molar-refractivity contribution in [2.45, 2.75) is 25.2 Å². The number of thioether (sulfide) groups is 1. The number of nitrogens with zero attached hydrogens (tertiary/aromatic N) is 3. The molecule has 0 fully saturated rings. The predicted molar refractivity (Wildman–Crippen MR) is 69.5 cm³/mol. The summed E-state index contributed by atoms with van der Waals surface area (Å²) in [5.74, 6) is 0.223. The van der Waals surface area contributed by atoms with Crippen LogP contribution >= 0.6 is 11.8 Å². The van der Waals surface area contributed by atoms with Crippen molar-refractivity contribution >= 4 is 17.7 Å². The van der Waals surface area contributed by atoms with Crippen molar-refractivity contribution in [3.8, 4) is 11.5 Å². The Kier molecular flexibility index (Phi) is 4.51. The van der Waals surface area contributed by atoms with Crippen LogP contribution in [0.4, 0.5) is 0 Å². The van der Waals surface area contributed by atoms with Crippen LogP contribution in [0.25, 0.3) is 11.5 Å². The summed E-state index contributed by atoms with van der Waals surface area (Å²) < 4.78 is 10.4. The molecule has 2 rings (SSSR count). The average Bonchev–Trinajstić information content (AvgIpc) is 2.85. The number of esters is 1. The van der Waals surface area contributed by atoms with Gasteiger partial charge in [0.25, 0.3) is 5.22 Å². The molecule has 0 spiro atoms. The van der Waals surface area contributed by atoms with Crippen molar-refractivity contribution in [2.24, 2.45) is 0 Å². The zero-order valence-electron chi connectivity index (χ0n) is 10.6. The minimum absolute atomic E-state index is 0.123. The molecule has 0 saturated carbocycles. The average molecular weight is 279 g/mol. The second-order valence-corrected chi connectivity index (χ2v) is 4.87. The number of carbonyl (C=O) groups excluding carboxylic acids is 1. The highest BCUT2D eigenvalue weighted by atomic mass is 32.2. The summed E-state index contributed by atoms with van der Waals surface area (Å²) in [4.78, 5) is 15.3. The van der Waals surface area contributed by atoms with E-state index < -0.39 is 0 Å². The van der Waals surface area contributed by atoms with Gasteiger partial charge in [-0.3, -0.25) is 9.78 Å². The van der Waals surface area contributed by atoms with Gasteiger partial charge in [-0.05, 0) is 26.0 Å². The molecule has 0 saturated heterocycles. The van der Waals surface area contributed by atoms with Gasteiger partial charge in [0.05, 0.1) is 11.7 Å². The fraction of sp³-hybridized carbons (Fsp3) is 0.333. The van der Waals surface area contributed by atoms with Crippen molar-refractivity contribution in [3.05, 3.63) is 24.5 Å². The quantitative estimate of drug-likeness (QED) is 0.613. The first-order valence-corrected chi connectivity index (χ1v) is 6.70. The van der Waals surface area contributed by atoms with Gasteiger partial charge in [0.1, 0.15) is 5.75 Å². The van der Waals surface area contributed by atoms with Gasteiger partial charge in [-0.15, -0.1) is 10.2 Å². The third-order valence-electron chi connectivity index (χ3n) is 2.00. The second-order valence-electron chi connectivity index (χ2n) is 3.94. The number of carbonyl (C=O) groups is 1. The first kappa shape index (κ1) is 13.5. The third kappa shape index (κ3) is 4.06. The van der Waals surface area contributed by atoms with Crippen LogP contribution in [-0.4, -0.2) is 33.0 Å². The fourth-order valence-electron chi connectivity index (χ4n) is 1.29. The predicted octanol–water partition coefficient (Wildman–Crippen LogP) is 2.18. The minimum Gasteiger partial charge on any atom is -0.462 e. The molecular weight excluding hydrogens is 266 g/mol. The maximum absolute atomic E-state index is 11.4. The summed E-state index contributed by atoms with van der Waals surface area (Å²) >= 11 is 1.15. The van der Waals surface area contributed by atoms with Crippen LogP contribution in [0.3, 0.4) is 0 Å². The highest BCUT2D eigenvalue weighted by molar-refractivity contribution is 7.99. The van der Waals surface area contributed by atoms with Crippen molar-refractivity contribution in [3.63, 3.8) is 0 Å². The number of hydrogen-bond acceptors (Lipinski definition) is 7. The van der Waals surface area contributed by atoms with Crippen LogP contribution in [0.5, 0.6) is 0 Å². The van der Waals surface area contributed by atoms with E-state index in [1.807, 2.05) is 6.07 Å². The van der Waals surface area contributed by atoms with Crippen LogP contribution in [0.15, 0.2) is 34.2 Å². The Bertz CT molecular complexity index is 542. The lowest BCUT2D eigenvalue weighted by Gasteiger charge is -2.05. The molecule has 0 atom stereocenters. The normalized spacial score (nSPS) is 10.7. The van der Waals surface area contributed by atoms with Gasteiger partial charge in [-0.1, -0.05) is 11.8 Å². The van der Waals surface area contributed by atoms with Gasteiger partial charge in [0.15, 0.2) is 0 Å². The van der Waals surface area contributed by atoms with Crippen molar-refractivity contribution in [2.75, 3.05) is 5.75 Å². The van der Waals surface area contributed by atoms with E-state index in [9.17, 15) is 4.79 Å². The Hall–Kier alpha value is -1.89. The van der Waals surface area contributed by atoms with E-state index in [4.69, 9.17) is 9.15 Å². The summed E-state index contributed by atoms with van der Waals surface area (Å²) in [6, 6.07) is 3.61. The van der Waals surface area contributed by atoms with E-state index in [-0.39, 0.29) is 17.8 Å². The van der Waals surface area contributed by atoms with Crippen LogP contribution in [-0.2, 0) is 9.53 Å². The van der Waals surface area contributed by atoms with Gasteiger partial charge in [0, 0.05) is 12.4 Å². The third-order valence-corrected chi connectivity index (χ3v) is 2.79. The second kappa shape index (κ2) is 6.33. The molecule has 2 aromatic rings. The molecule has 100 valence electrons. The highest BCUT2D eigenvalue weighted by Gasteiger charge is 2.12. The van der Waals surface area contributed by atoms with Gasteiger partial charge >= 0.3 is 5.97 Å². The Morgan fingerprint density at radius 1 is 1.47 bits per heavy atom. The molecule has 2 heterocycles. The molecule has 0 bridgehead atoms. The van der Waals surface area contributed by atoms with E-state index in [1.165, 1.54) is 0 Å². The Balaban J connectivity index is 1.93. The number of aromatic nitrogens is 3. The molecule has 0 radical (unpaired) electrons. The summed E-state index contributed by atoms with van der Waals surface area (Å²) in [5.41, 5.74) is 0.742. The zero-order valence-corrected chi connectivity index (χ0v) is 11.4. The monoisotopic (exact) mass is 279 g/mol. The summed E-state index contributed by atoms with van der Waals surface area (Å²) in [5, 5.41) is 8.08. The van der Waals surface area contributed by atoms with E-state index in [1.54, 1.807) is 32.3 Å². The minimum atomic E-state index is -0.305. The molecule has 0 aromatic carbocycles. The number of rotatable bonds is 5. The van der Waals surface area contributed by atoms with Gasteiger partial charge < -0.3 is 9.15 Å². The van der Waals surface area contributed by atoms with Crippen LogP contribution in [0.1, 0.15) is 13.8 Å². The first-order valence-electron chi connectivity index (χ1n) is 5.71. The van der Waals surface area contributed by atoms with Crippen molar-refractivity contribution in [1.82, 2.24) is 15.2 Å². The van der Waals surface area contributed by atoms with E-state index in [2.05, 4.69) is 15.2 Å². The van der Waals surface area contributed by atoms with Crippen LogP contribution in [0, 0.1) is 0 Å². The van der Waals surface area contributed by atoms with Crippen LogP contribution in [0.2, 0.25) is 0 Å². The molecule has 0 unspecified atom stereocenters. The Morgan fingerprint density at radius 2 is 2.32 bits per heavy atom. The summed E-state index contributed by atoms with van der Waals surface area (Å²) in [7, 11) is 0. The SMILES string of the molecule is CC(C)OC(=O)CSc1nnc(-c2cccnc2)o1. The molecule has 19 heavy (non-hydrogen) atoms. The molecular formula is C12H13N3O3S. The lowest BCUT2D eigenvalue weighted by atomic mass is 10.3. The highest BCUT2D eigenvalue weighted by Crippen LogP contribution is 2.22. The molecule has 0 N–H and O–H groups in total. The standard InChI is InChI=1S/C12H13N3O3S/c1-8(2)17-10(16)7-19-12-15-14-11(18-12)9-4-3-5-13-6-9/h3-6,8H,7H2,1-2H3. The molecule has 2 aromatic heterocycles. The van der Waals surface area contributed by atoms with Gasteiger partial charge in [-0.25, -0.2) is 0 Å². The number of hydrogen-bond donors (Lipinski definition) is 0. The lowest BCUT2D eigenvalue weighted by Crippen LogP contribution is -2.13. The largest absolute Gasteiger partial charge is 0.462 e. The Morgan fingerprint density at radius 3 is 3.00 bits per heavy atom. The van der Waals surface area contributed by atoms with E-state index in [0.717, 1.165) is 17.3 Å². The van der Waals surface area contributed by atoms with Crippen LogP contribution < -0.4 is 0 Å². The summed E-state index contributed by atoms with van der Waals surface area (Å²) in [6.07, 6.45) is 3.17. The molecule has 7 heteroatoms. The molecule has 0 aliphatic carbocycles. The smallest absolute Gasteiger partial charge is 0.316 e. The first-order chi connectivity index (χ1) is 9.15. The zero-order chi connectivity index (χ0) is 13.7. The number of pyridine rings is 1. The molecule has 0 aliphatic heterocycles. The topological polar surface area (TPSA) is 78.1 Å². The molecule has 6 nitrogen and oxygen atoms in total. The van der Waals surface area contributed by atoms with Crippen molar-refractivity contribution in [1.29, 1.82) is 0 Å².